The molecule has 51 heavy (non-hydrogen) atoms. The minimum absolute atomic E-state index is 0.0628. The molecule has 3 aromatic rings. The van der Waals surface area contributed by atoms with Gasteiger partial charge in [-0.3, -0.25) is 23.8 Å². The number of carboxylic acids is 1. The number of nitrogens with zero attached hydrogens (tertiary/aromatic N) is 2. The van der Waals surface area contributed by atoms with Gasteiger partial charge in [0.1, 0.15) is 29.0 Å². The van der Waals surface area contributed by atoms with Crippen LogP contribution in [-0.4, -0.2) is 95.8 Å². The number of fused-ring (bicyclic) bond motifs is 1. The van der Waals surface area contributed by atoms with Crippen LogP contribution < -0.4 is 20.6 Å². The van der Waals surface area contributed by atoms with E-state index in [-0.39, 0.29) is 35.7 Å². The molecule has 0 aliphatic carbocycles. The molecule has 17 nitrogen and oxygen atoms in total. The van der Waals surface area contributed by atoms with Gasteiger partial charge in [-0.1, -0.05) is 29.8 Å². The molecule has 2 heterocycles. The summed E-state index contributed by atoms with van der Waals surface area (Å²) in [5, 5.41) is 42.7. The molecule has 0 radical (unpaired) electrons. The van der Waals surface area contributed by atoms with E-state index in [1.54, 1.807) is 0 Å². The molecule has 2 aliphatic heterocycles. The zero-order chi connectivity index (χ0) is 37.5. The number of carboxylic acid groups (broad SMARTS) is 1. The summed E-state index contributed by atoms with van der Waals surface area (Å²) in [6.07, 6.45) is -0.327. The Morgan fingerprint density at radius 1 is 1.04 bits per heavy atom. The Morgan fingerprint density at radius 2 is 1.75 bits per heavy atom. The maximum absolute atomic E-state index is 14.9. The smallest absolute Gasteiger partial charge is 0.534 e. The van der Waals surface area contributed by atoms with E-state index in [2.05, 4.69) is 10.6 Å². The van der Waals surface area contributed by atoms with Crippen LogP contribution in [0.2, 0.25) is 5.02 Å². The Morgan fingerprint density at radius 3 is 2.39 bits per heavy atom. The number of phenols is 2. The number of imide groups is 1. The number of rotatable bonds is 8. The average molecular weight is 753 g/mol. The van der Waals surface area contributed by atoms with Crippen LogP contribution in [0.3, 0.4) is 0 Å². The number of phenolic OH excluding ortho intramolecular Hbond substituents is 2. The van der Waals surface area contributed by atoms with Crippen LogP contribution in [0.15, 0.2) is 42.5 Å². The normalized spacial score (nSPS) is 16.7. The van der Waals surface area contributed by atoms with E-state index < -0.39 is 108 Å². The van der Waals surface area contributed by atoms with E-state index in [0.29, 0.717) is 17.0 Å². The van der Waals surface area contributed by atoms with Gasteiger partial charge in [0.15, 0.2) is 11.5 Å². The summed E-state index contributed by atoms with van der Waals surface area (Å²) in [5.74, 6) is -11.1. The lowest BCUT2D eigenvalue weighted by molar-refractivity contribution is -0.154. The average Bonchev–Trinajstić information content (AvgIpc) is 3.05. The van der Waals surface area contributed by atoms with Crippen LogP contribution in [0, 0.1) is 11.6 Å². The zero-order valence-electron chi connectivity index (χ0n) is 25.6. The number of hydrogen-bond donors (Lipinski definition) is 8. The standard InChI is InChI=1S/C29H25BClF2N4O13P/c31-21-14(2-5-17(38)23(21)39)11-36-7-8-37(27(42)26(36)41)29(45)35-22(12-3-6-18(16(33)9-12)51(47,48)49)25(40)34-19-10-13-1-4-15(32)20(28(43)44)24(13)50-30(19)46/h1-6,9,19,22,38-39,46H,7-8,10-11H2,(H,34,40)(H,35,45)(H,43,44)(H2,47,48,49)/t19-,22?/m0/s1. The van der Waals surface area contributed by atoms with E-state index in [1.165, 1.54) is 6.07 Å². The minimum atomic E-state index is -5.13. The van der Waals surface area contributed by atoms with E-state index >= 15 is 0 Å². The molecule has 0 aromatic heterocycles. The Hall–Kier alpha value is -5.27. The predicted molar refractivity (Wildman–Crippen MR) is 169 cm³/mol. The van der Waals surface area contributed by atoms with Gasteiger partial charge in [-0.05, 0) is 47.4 Å². The number of amides is 5. The Balaban J connectivity index is 1.38. The number of carbonyl (C=O) groups is 5. The third-order valence-electron chi connectivity index (χ3n) is 7.99. The fourth-order valence-electron chi connectivity index (χ4n) is 5.41. The second kappa shape index (κ2) is 14.2. The molecule has 22 heteroatoms. The zero-order valence-corrected chi connectivity index (χ0v) is 27.3. The molecule has 0 saturated carbocycles. The van der Waals surface area contributed by atoms with E-state index in [1.807, 2.05) is 0 Å². The van der Waals surface area contributed by atoms with Crippen molar-refractivity contribution in [3.05, 3.63) is 81.4 Å². The van der Waals surface area contributed by atoms with Gasteiger partial charge in [0.05, 0.1) is 16.3 Å². The van der Waals surface area contributed by atoms with Crippen molar-refractivity contribution in [2.24, 2.45) is 0 Å². The summed E-state index contributed by atoms with van der Waals surface area (Å²) >= 11 is 6.02. The number of aromatic hydroxyl groups is 2. The lowest BCUT2D eigenvalue weighted by Crippen LogP contribution is -2.60. The first-order chi connectivity index (χ1) is 23.9. The second-order valence-corrected chi connectivity index (χ2v) is 13.2. The van der Waals surface area contributed by atoms with Crippen LogP contribution in [0.5, 0.6) is 17.2 Å². The van der Waals surface area contributed by atoms with Gasteiger partial charge < -0.3 is 50.3 Å². The Kier molecular flexibility index (Phi) is 10.3. The van der Waals surface area contributed by atoms with Gasteiger partial charge in [-0.25, -0.2) is 18.4 Å². The lowest BCUT2D eigenvalue weighted by Gasteiger charge is -2.34. The van der Waals surface area contributed by atoms with E-state index in [0.717, 1.165) is 29.2 Å². The molecule has 0 bridgehead atoms. The summed E-state index contributed by atoms with van der Waals surface area (Å²) in [4.78, 5) is 84.9. The van der Waals surface area contributed by atoms with Crippen molar-refractivity contribution >= 4 is 61.3 Å². The van der Waals surface area contributed by atoms with Crippen molar-refractivity contribution in [1.82, 2.24) is 20.4 Å². The molecule has 8 N–H and O–H groups in total. The van der Waals surface area contributed by atoms with Gasteiger partial charge >= 0.3 is 38.5 Å². The first-order valence-corrected chi connectivity index (χ1v) is 16.5. The number of nitrogens with one attached hydrogen (secondary N) is 2. The van der Waals surface area contributed by atoms with E-state index in [4.69, 9.17) is 16.3 Å². The summed E-state index contributed by atoms with van der Waals surface area (Å²) in [6, 6.07) is 3.20. The summed E-state index contributed by atoms with van der Waals surface area (Å²) in [7, 11) is -7.10. The molecule has 268 valence electrons. The first-order valence-electron chi connectivity index (χ1n) is 14.5. The molecule has 5 amide bonds. The number of halogens is 3. The molecule has 2 atom stereocenters. The van der Waals surface area contributed by atoms with Crippen LogP contribution in [0.1, 0.15) is 33.1 Å². The predicted octanol–water partition coefficient (Wildman–Crippen LogP) is 0.292. The summed E-state index contributed by atoms with van der Waals surface area (Å²) < 4.78 is 45.9. The molecule has 1 unspecified atom stereocenters. The van der Waals surface area contributed by atoms with Gasteiger partial charge in [0, 0.05) is 19.6 Å². The van der Waals surface area contributed by atoms with Crippen molar-refractivity contribution in [2.75, 3.05) is 13.1 Å². The maximum atomic E-state index is 14.9. The highest BCUT2D eigenvalue weighted by Crippen LogP contribution is 2.37. The van der Waals surface area contributed by atoms with Crippen LogP contribution >= 0.6 is 19.2 Å². The van der Waals surface area contributed by atoms with Crippen molar-refractivity contribution < 1.29 is 72.1 Å². The van der Waals surface area contributed by atoms with Crippen LogP contribution in [-0.2, 0) is 31.9 Å². The fraction of sp³-hybridized carbons (Fsp3) is 0.207. The van der Waals surface area contributed by atoms with Crippen molar-refractivity contribution in [3.63, 3.8) is 0 Å². The van der Waals surface area contributed by atoms with Crippen molar-refractivity contribution in [2.45, 2.75) is 24.9 Å². The number of piperazine rings is 1. The van der Waals surface area contributed by atoms with Gasteiger partial charge in [0.25, 0.3) is 0 Å². The number of benzene rings is 3. The number of urea groups is 1. The molecular formula is C29H25BClF2N4O13P. The highest BCUT2D eigenvalue weighted by atomic mass is 35.5. The quantitative estimate of drug-likeness (QED) is 0.0667. The summed E-state index contributed by atoms with van der Waals surface area (Å²) in [6.45, 7) is -1.01. The molecule has 5 rings (SSSR count). The SMILES string of the molecule is O=C(O)c1c(F)ccc2c1OB(O)[C@@H](NC(=O)C(NC(=O)N1CCN(Cc3ccc(O)c(O)c3Cl)C(=O)C1=O)c1ccc(P(=O)(O)O)c(F)c1)C2. The molecule has 1 fully saturated rings. The molecule has 3 aromatic carbocycles. The Labute approximate surface area is 290 Å². The number of hydrogen-bond acceptors (Lipinski definition) is 10. The molecule has 1 saturated heterocycles. The first kappa shape index (κ1) is 37.0. The third-order valence-corrected chi connectivity index (χ3v) is 9.40. The van der Waals surface area contributed by atoms with Crippen molar-refractivity contribution in [1.29, 1.82) is 0 Å². The Bertz CT molecular complexity index is 2040. The minimum Gasteiger partial charge on any atom is -0.534 e. The van der Waals surface area contributed by atoms with Gasteiger partial charge in [0.2, 0.25) is 5.91 Å². The van der Waals surface area contributed by atoms with Gasteiger partial charge in [-0.2, -0.15) is 0 Å². The summed E-state index contributed by atoms with van der Waals surface area (Å²) in [5.41, 5.74) is -1.06. The fourth-order valence-corrected chi connectivity index (χ4v) is 6.24. The molecular weight excluding hydrogens is 728 g/mol. The molecule has 2 aliphatic rings. The topological polar surface area (TPSA) is 264 Å². The lowest BCUT2D eigenvalue weighted by atomic mass is 9.72. The van der Waals surface area contributed by atoms with Crippen LogP contribution in [0.25, 0.3) is 0 Å². The van der Waals surface area contributed by atoms with Gasteiger partial charge in [-0.15, -0.1) is 0 Å². The third kappa shape index (κ3) is 7.45. The highest BCUT2D eigenvalue weighted by molar-refractivity contribution is 7.60. The maximum Gasteiger partial charge on any atom is 0.547 e. The number of carbonyl (C=O) groups excluding carboxylic acids is 4. The molecule has 0 spiro atoms. The monoisotopic (exact) mass is 752 g/mol. The van der Waals surface area contributed by atoms with Crippen molar-refractivity contribution in [3.8, 4) is 17.2 Å². The largest absolute Gasteiger partial charge is 0.547 e. The highest BCUT2D eigenvalue weighted by Gasteiger charge is 2.42. The number of aromatic carboxylic acids is 1. The second-order valence-electron chi connectivity index (χ2n) is 11.3. The van der Waals surface area contributed by atoms with Crippen LogP contribution in [0.4, 0.5) is 13.6 Å². The van der Waals surface area contributed by atoms with E-state index in [9.17, 15) is 67.4 Å².